The van der Waals surface area contributed by atoms with Gasteiger partial charge in [-0.25, -0.2) is 0 Å². The van der Waals surface area contributed by atoms with Crippen LogP contribution in [0.4, 0.5) is 0 Å². The van der Waals surface area contributed by atoms with Crippen LogP contribution in [-0.2, 0) is 10.8 Å². The number of rotatable bonds is 1. The molecule has 0 amide bonds. The van der Waals surface area contributed by atoms with Gasteiger partial charge in [0.15, 0.2) is 0 Å². The summed E-state index contributed by atoms with van der Waals surface area (Å²) in [5.74, 6) is 0. The van der Waals surface area contributed by atoms with Crippen molar-refractivity contribution in [3.8, 4) is 33.4 Å². The van der Waals surface area contributed by atoms with Crippen LogP contribution in [0.2, 0.25) is 0 Å². The summed E-state index contributed by atoms with van der Waals surface area (Å²) in [5.41, 5.74) is 13.8. The monoisotopic (exact) mass is 486 g/mol. The van der Waals surface area contributed by atoms with Crippen LogP contribution in [0, 0.1) is 0 Å². The lowest BCUT2D eigenvalue weighted by atomic mass is 9.79. The summed E-state index contributed by atoms with van der Waals surface area (Å²) in [7, 11) is 0. The molecular weight excluding hydrogens is 456 g/mol. The van der Waals surface area contributed by atoms with E-state index in [0.717, 1.165) is 0 Å². The Kier molecular flexibility index (Phi) is 4.17. The summed E-state index contributed by atoms with van der Waals surface area (Å²) >= 11 is 0. The lowest BCUT2D eigenvalue weighted by molar-refractivity contribution is 0.660. The highest BCUT2D eigenvalue weighted by molar-refractivity contribution is 6.11. The maximum Gasteiger partial charge on any atom is 0.0165 e. The molecule has 0 saturated carbocycles. The molecule has 0 saturated heterocycles. The van der Waals surface area contributed by atoms with Crippen molar-refractivity contribution in [3.05, 3.63) is 131 Å². The minimum Gasteiger partial charge on any atom is -0.0619 e. The number of hydrogen-bond acceptors (Lipinski definition) is 0. The minimum atomic E-state index is -0.0745. The molecule has 2 aliphatic rings. The minimum absolute atomic E-state index is 0.00978. The topological polar surface area (TPSA) is 0 Å². The van der Waals surface area contributed by atoms with Crippen LogP contribution in [-0.4, -0.2) is 0 Å². The molecule has 0 bridgehead atoms. The predicted octanol–water partition coefficient (Wildman–Crippen LogP) is 10.3. The third-order valence-corrected chi connectivity index (χ3v) is 9.45. The molecule has 182 valence electrons. The van der Waals surface area contributed by atoms with Crippen molar-refractivity contribution in [2.24, 2.45) is 0 Å². The van der Waals surface area contributed by atoms with Gasteiger partial charge in [-0.3, -0.25) is 0 Å². The molecule has 0 radical (unpaired) electrons. The van der Waals surface area contributed by atoms with Gasteiger partial charge in [-0.2, -0.15) is 0 Å². The van der Waals surface area contributed by atoms with E-state index in [1.54, 1.807) is 0 Å². The molecule has 0 fully saturated rings. The highest BCUT2D eigenvalue weighted by atomic mass is 14.4. The van der Waals surface area contributed by atoms with Crippen LogP contribution in [0.15, 0.2) is 109 Å². The molecule has 38 heavy (non-hydrogen) atoms. The fourth-order valence-electron chi connectivity index (χ4n) is 7.48. The Bertz CT molecular complexity index is 1970. The lowest BCUT2D eigenvalue weighted by Gasteiger charge is -2.24. The van der Waals surface area contributed by atoms with Crippen molar-refractivity contribution in [1.82, 2.24) is 0 Å². The van der Waals surface area contributed by atoms with Gasteiger partial charge in [0.2, 0.25) is 0 Å². The van der Waals surface area contributed by atoms with E-state index >= 15 is 0 Å². The van der Waals surface area contributed by atoms with Gasteiger partial charge in [-0.15, -0.1) is 0 Å². The molecule has 6 aromatic carbocycles. The molecular formula is C38H30. The molecule has 0 heterocycles. The van der Waals surface area contributed by atoms with Crippen molar-refractivity contribution in [3.63, 3.8) is 0 Å². The second-order valence-electron chi connectivity index (χ2n) is 12.2. The van der Waals surface area contributed by atoms with Crippen LogP contribution in [0.25, 0.3) is 54.9 Å². The van der Waals surface area contributed by atoms with Crippen molar-refractivity contribution < 1.29 is 0 Å². The van der Waals surface area contributed by atoms with Crippen LogP contribution < -0.4 is 0 Å². The summed E-state index contributed by atoms with van der Waals surface area (Å²) < 4.78 is 0. The third-order valence-electron chi connectivity index (χ3n) is 9.45. The normalized spacial score (nSPS) is 15.8. The molecule has 0 atom stereocenters. The van der Waals surface area contributed by atoms with Gasteiger partial charge in [0.25, 0.3) is 0 Å². The first-order chi connectivity index (χ1) is 18.4. The van der Waals surface area contributed by atoms with Crippen molar-refractivity contribution in [2.75, 3.05) is 0 Å². The Hall–Kier alpha value is -4.16. The van der Waals surface area contributed by atoms with Crippen molar-refractivity contribution in [2.45, 2.75) is 38.5 Å². The van der Waals surface area contributed by atoms with Gasteiger partial charge < -0.3 is 0 Å². The molecule has 0 N–H and O–H groups in total. The Balaban J connectivity index is 1.29. The Morgan fingerprint density at radius 2 is 0.974 bits per heavy atom. The van der Waals surface area contributed by atoms with Crippen LogP contribution in [0.1, 0.15) is 49.9 Å². The molecule has 0 aliphatic heterocycles. The van der Waals surface area contributed by atoms with E-state index < -0.39 is 0 Å². The average molecular weight is 487 g/mol. The first-order valence-electron chi connectivity index (χ1n) is 13.7. The zero-order valence-electron chi connectivity index (χ0n) is 22.4. The molecule has 0 unspecified atom stereocenters. The molecule has 0 spiro atoms. The Morgan fingerprint density at radius 1 is 0.395 bits per heavy atom. The molecule has 2 aliphatic carbocycles. The second kappa shape index (κ2) is 7.23. The highest BCUT2D eigenvalue weighted by Crippen LogP contribution is 2.53. The second-order valence-corrected chi connectivity index (χ2v) is 12.2. The molecule has 0 aromatic heterocycles. The third kappa shape index (κ3) is 2.70. The predicted molar refractivity (Wildman–Crippen MR) is 162 cm³/mol. The zero-order chi connectivity index (χ0) is 25.8. The van der Waals surface area contributed by atoms with E-state index in [-0.39, 0.29) is 10.8 Å². The smallest absolute Gasteiger partial charge is 0.0165 e. The van der Waals surface area contributed by atoms with Crippen molar-refractivity contribution >= 4 is 21.5 Å². The van der Waals surface area contributed by atoms with Gasteiger partial charge in [-0.1, -0.05) is 125 Å². The molecule has 0 heteroatoms. The Labute approximate surface area is 224 Å². The first-order valence-corrected chi connectivity index (χ1v) is 13.7. The standard InChI is InChI=1S/C38H30/c1-37(2)33-12-8-7-11-28(33)29-16-14-24(21-34(29)37)25-15-17-30-32-20-19-27-26-10-6-5-9-23(26)13-18-31(27)36(32)38(3,4)35(30)22-25/h5-22H,1-4H3. The molecule has 0 nitrogen and oxygen atoms in total. The van der Waals surface area contributed by atoms with E-state index in [2.05, 4.69) is 137 Å². The fraction of sp³-hybridized carbons (Fsp3) is 0.158. The van der Waals surface area contributed by atoms with E-state index in [0.29, 0.717) is 0 Å². The van der Waals surface area contributed by atoms with Gasteiger partial charge in [0, 0.05) is 10.8 Å². The summed E-state index contributed by atoms with van der Waals surface area (Å²) in [6.07, 6.45) is 0. The Morgan fingerprint density at radius 3 is 1.76 bits per heavy atom. The highest BCUT2D eigenvalue weighted by Gasteiger charge is 2.38. The van der Waals surface area contributed by atoms with Gasteiger partial charge in [0.05, 0.1) is 0 Å². The summed E-state index contributed by atoms with van der Waals surface area (Å²) in [4.78, 5) is 0. The summed E-state index contributed by atoms with van der Waals surface area (Å²) in [6.45, 7) is 9.52. The van der Waals surface area contributed by atoms with Gasteiger partial charge in [-0.05, 0) is 89.3 Å². The molecule has 6 aromatic rings. The lowest BCUT2D eigenvalue weighted by Crippen LogP contribution is -2.16. The summed E-state index contributed by atoms with van der Waals surface area (Å²) in [6, 6.07) is 41.2. The van der Waals surface area contributed by atoms with E-state index in [9.17, 15) is 0 Å². The largest absolute Gasteiger partial charge is 0.0619 e. The van der Waals surface area contributed by atoms with Gasteiger partial charge in [0.1, 0.15) is 0 Å². The zero-order valence-corrected chi connectivity index (χ0v) is 22.4. The first kappa shape index (κ1) is 21.9. The van der Waals surface area contributed by atoms with E-state index in [1.807, 2.05) is 0 Å². The number of benzene rings is 6. The van der Waals surface area contributed by atoms with Crippen LogP contribution >= 0.6 is 0 Å². The van der Waals surface area contributed by atoms with Crippen LogP contribution in [0.5, 0.6) is 0 Å². The fourth-order valence-corrected chi connectivity index (χ4v) is 7.48. The van der Waals surface area contributed by atoms with E-state index in [4.69, 9.17) is 0 Å². The number of fused-ring (bicyclic) bond motifs is 10. The van der Waals surface area contributed by atoms with E-state index in [1.165, 1.54) is 77.2 Å². The van der Waals surface area contributed by atoms with Crippen LogP contribution in [0.3, 0.4) is 0 Å². The van der Waals surface area contributed by atoms with Crippen molar-refractivity contribution in [1.29, 1.82) is 0 Å². The maximum absolute atomic E-state index is 2.46. The average Bonchev–Trinajstić information content (AvgIpc) is 3.32. The quantitative estimate of drug-likeness (QED) is 0.203. The number of hydrogen-bond donors (Lipinski definition) is 0. The summed E-state index contributed by atoms with van der Waals surface area (Å²) in [5, 5.41) is 5.36. The molecule has 8 rings (SSSR count). The maximum atomic E-state index is 2.46. The van der Waals surface area contributed by atoms with Gasteiger partial charge >= 0.3 is 0 Å². The SMILES string of the molecule is CC1(C)c2ccccc2-c2ccc(-c3ccc4c(c3)C(C)(C)c3c-4ccc4c3ccc3ccccc34)cc21.